The lowest BCUT2D eigenvalue weighted by Crippen LogP contribution is -2.35. The monoisotopic (exact) mass is 363 g/mol. The van der Waals surface area contributed by atoms with Gasteiger partial charge in [0.1, 0.15) is 4.21 Å². The van der Waals surface area contributed by atoms with Crippen LogP contribution in [0.4, 0.5) is 5.69 Å². The quantitative estimate of drug-likeness (QED) is 0.813. The van der Waals surface area contributed by atoms with Crippen LogP contribution in [-0.4, -0.2) is 20.9 Å². The van der Waals surface area contributed by atoms with Crippen molar-refractivity contribution in [1.29, 1.82) is 0 Å². The zero-order chi connectivity index (χ0) is 17.3. The molecule has 0 atom stereocenters. The van der Waals surface area contributed by atoms with Crippen LogP contribution in [0.15, 0.2) is 34.5 Å². The number of sulfone groups is 1. The van der Waals surface area contributed by atoms with Crippen molar-refractivity contribution < 1.29 is 13.2 Å². The molecule has 6 heteroatoms. The third-order valence-electron chi connectivity index (χ3n) is 4.17. The lowest BCUT2D eigenvalue weighted by Gasteiger charge is -2.29. The fourth-order valence-electron chi connectivity index (χ4n) is 3.04. The van der Waals surface area contributed by atoms with E-state index in [1.54, 1.807) is 6.07 Å². The number of nitrogens with zero attached hydrogens (tertiary/aromatic N) is 1. The standard InChI is InChI=1S/C18H21NO3S2/c1-3-10-19-16-7-5-14(11-15(16)6-8-17(19)20)12-24(21,22)18-9-4-13(2)23-18/h4-5,7,9,11H,3,6,8,10,12H2,1-2H3. The lowest BCUT2D eigenvalue weighted by molar-refractivity contribution is -0.118. The number of carbonyl (C=O) groups excluding carboxylic acids is 1. The highest BCUT2D eigenvalue weighted by molar-refractivity contribution is 7.92. The van der Waals surface area contributed by atoms with E-state index in [9.17, 15) is 13.2 Å². The Morgan fingerprint density at radius 1 is 1.17 bits per heavy atom. The van der Waals surface area contributed by atoms with Gasteiger partial charge < -0.3 is 4.90 Å². The maximum atomic E-state index is 12.5. The summed E-state index contributed by atoms with van der Waals surface area (Å²) >= 11 is 1.31. The Balaban J connectivity index is 1.88. The summed E-state index contributed by atoms with van der Waals surface area (Å²) in [6.45, 7) is 4.66. The molecule has 0 radical (unpaired) electrons. The molecule has 0 saturated heterocycles. The molecule has 0 spiro atoms. The van der Waals surface area contributed by atoms with Gasteiger partial charge in [-0.15, -0.1) is 11.3 Å². The number of fused-ring (bicyclic) bond motifs is 1. The number of benzene rings is 1. The van der Waals surface area contributed by atoms with Crippen LogP contribution in [0.5, 0.6) is 0 Å². The summed E-state index contributed by atoms with van der Waals surface area (Å²) in [6.07, 6.45) is 2.08. The van der Waals surface area contributed by atoms with Crippen LogP contribution in [0, 0.1) is 6.92 Å². The zero-order valence-electron chi connectivity index (χ0n) is 13.9. The minimum Gasteiger partial charge on any atom is -0.312 e. The number of aryl methyl sites for hydroxylation is 2. The van der Waals surface area contributed by atoms with Gasteiger partial charge in [-0.3, -0.25) is 4.79 Å². The summed E-state index contributed by atoms with van der Waals surface area (Å²) in [5.74, 6) is 0.154. The first-order valence-electron chi connectivity index (χ1n) is 8.12. The molecule has 2 heterocycles. The Hall–Kier alpha value is -1.66. The number of amides is 1. The normalized spacial score (nSPS) is 14.8. The van der Waals surface area contributed by atoms with Crippen molar-refractivity contribution in [3.05, 3.63) is 46.3 Å². The summed E-state index contributed by atoms with van der Waals surface area (Å²) in [5, 5.41) is 0. The maximum Gasteiger partial charge on any atom is 0.227 e. The smallest absolute Gasteiger partial charge is 0.227 e. The Bertz CT molecular complexity index is 868. The Morgan fingerprint density at radius 2 is 1.96 bits per heavy atom. The van der Waals surface area contributed by atoms with Gasteiger partial charge >= 0.3 is 0 Å². The molecule has 2 aromatic rings. The largest absolute Gasteiger partial charge is 0.312 e. The van der Waals surface area contributed by atoms with Gasteiger partial charge in [-0.1, -0.05) is 19.1 Å². The van der Waals surface area contributed by atoms with Gasteiger partial charge in [0, 0.05) is 23.5 Å². The third kappa shape index (κ3) is 3.39. The van der Waals surface area contributed by atoms with Gasteiger partial charge in [-0.25, -0.2) is 8.42 Å². The van der Waals surface area contributed by atoms with Crippen LogP contribution in [-0.2, 0) is 26.8 Å². The van der Waals surface area contributed by atoms with Gasteiger partial charge in [-0.2, -0.15) is 0 Å². The molecule has 0 fully saturated rings. The van der Waals surface area contributed by atoms with Crippen molar-refractivity contribution in [2.45, 2.75) is 43.1 Å². The molecule has 24 heavy (non-hydrogen) atoms. The van der Waals surface area contributed by atoms with Crippen molar-refractivity contribution in [3.63, 3.8) is 0 Å². The van der Waals surface area contributed by atoms with Crippen LogP contribution < -0.4 is 4.90 Å². The summed E-state index contributed by atoms with van der Waals surface area (Å²) in [7, 11) is -3.32. The highest BCUT2D eigenvalue weighted by Gasteiger charge is 2.24. The van der Waals surface area contributed by atoms with Gasteiger partial charge in [0.05, 0.1) is 5.75 Å². The predicted molar refractivity (Wildman–Crippen MR) is 97.4 cm³/mol. The van der Waals surface area contributed by atoms with E-state index in [2.05, 4.69) is 0 Å². The summed E-state index contributed by atoms with van der Waals surface area (Å²) < 4.78 is 25.5. The van der Waals surface area contributed by atoms with E-state index in [4.69, 9.17) is 0 Å². The number of rotatable bonds is 5. The number of thiophene rings is 1. The van der Waals surface area contributed by atoms with Crippen molar-refractivity contribution in [2.75, 3.05) is 11.4 Å². The average molecular weight is 364 g/mol. The van der Waals surface area contributed by atoms with Crippen molar-refractivity contribution in [1.82, 2.24) is 0 Å². The fraction of sp³-hybridized carbons (Fsp3) is 0.389. The van der Waals surface area contributed by atoms with Crippen LogP contribution in [0.25, 0.3) is 0 Å². The first-order chi connectivity index (χ1) is 11.4. The Morgan fingerprint density at radius 3 is 2.62 bits per heavy atom. The fourth-order valence-corrected chi connectivity index (χ4v) is 5.75. The zero-order valence-corrected chi connectivity index (χ0v) is 15.5. The summed E-state index contributed by atoms with van der Waals surface area (Å²) in [6, 6.07) is 9.18. The molecule has 0 aliphatic carbocycles. The van der Waals surface area contributed by atoms with E-state index in [1.165, 1.54) is 11.3 Å². The third-order valence-corrected chi connectivity index (χ3v) is 7.44. The van der Waals surface area contributed by atoms with E-state index < -0.39 is 9.84 Å². The highest BCUT2D eigenvalue weighted by atomic mass is 32.2. The second-order valence-corrected chi connectivity index (χ2v) is 9.64. The van der Waals surface area contributed by atoms with Crippen LogP contribution in [0.2, 0.25) is 0 Å². The molecule has 3 rings (SSSR count). The van der Waals surface area contributed by atoms with Crippen molar-refractivity contribution in [2.24, 2.45) is 0 Å². The highest BCUT2D eigenvalue weighted by Crippen LogP contribution is 2.31. The first kappa shape index (κ1) is 17.2. The van der Waals surface area contributed by atoms with Gasteiger partial charge in [-0.05, 0) is 49.1 Å². The first-order valence-corrected chi connectivity index (χ1v) is 10.6. The van der Waals surface area contributed by atoms with Crippen LogP contribution in [0.1, 0.15) is 35.8 Å². The minimum atomic E-state index is -3.32. The molecule has 0 saturated carbocycles. The number of anilines is 1. The van der Waals surface area contributed by atoms with E-state index >= 15 is 0 Å². The molecular formula is C18H21NO3S2. The Kier molecular flexibility index (Phi) is 4.78. The topological polar surface area (TPSA) is 54.5 Å². The minimum absolute atomic E-state index is 0.00194. The second kappa shape index (κ2) is 6.69. The van der Waals surface area contributed by atoms with E-state index in [0.717, 1.165) is 28.1 Å². The number of hydrogen-bond acceptors (Lipinski definition) is 4. The van der Waals surface area contributed by atoms with Crippen molar-refractivity contribution in [3.8, 4) is 0 Å². The van der Waals surface area contributed by atoms with Crippen molar-refractivity contribution >= 4 is 32.8 Å². The molecule has 128 valence electrons. The lowest BCUT2D eigenvalue weighted by atomic mass is 9.99. The SMILES string of the molecule is CCCN1C(=O)CCc2cc(CS(=O)(=O)c3ccc(C)s3)ccc21. The predicted octanol–water partition coefficient (Wildman–Crippen LogP) is 3.72. The molecule has 1 aromatic heterocycles. The van der Waals surface area contributed by atoms with Crippen LogP contribution >= 0.6 is 11.3 Å². The van der Waals surface area contributed by atoms with Gasteiger partial charge in [0.25, 0.3) is 0 Å². The average Bonchev–Trinajstić information content (AvgIpc) is 2.97. The second-order valence-electron chi connectivity index (χ2n) is 6.13. The van der Waals surface area contributed by atoms with E-state index in [1.807, 2.05) is 43.0 Å². The Labute approximate surface area is 147 Å². The van der Waals surface area contributed by atoms with E-state index in [-0.39, 0.29) is 11.7 Å². The molecule has 0 unspecified atom stereocenters. The summed E-state index contributed by atoms with van der Waals surface area (Å²) in [4.78, 5) is 14.9. The van der Waals surface area contributed by atoms with Gasteiger partial charge in [0.2, 0.25) is 5.91 Å². The number of hydrogen-bond donors (Lipinski definition) is 0. The molecule has 1 aromatic carbocycles. The molecular weight excluding hydrogens is 342 g/mol. The molecule has 1 aliphatic heterocycles. The number of carbonyl (C=O) groups is 1. The van der Waals surface area contributed by atoms with Crippen LogP contribution in [0.3, 0.4) is 0 Å². The molecule has 1 aliphatic rings. The summed E-state index contributed by atoms with van der Waals surface area (Å²) in [5.41, 5.74) is 2.78. The molecule has 0 N–H and O–H groups in total. The molecule has 0 bridgehead atoms. The van der Waals surface area contributed by atoms with E-state index in [0.29, 0.717) is 23.6 Å². The van der Waals surface area contributed by atoms with Gasteiger partial charge in [0.15, 0.2) is 9.84 Å². The maximum absolute atomic E-state index is 12.5. The molecule has 1 amide bonds. The molecule has 4 nitrogen and oxygen atoms in total.